The summed E-state index contributed by atoms with van der Waals surface area (Å²) >= 11 is 3.24. The van der Waals surface area contributed by atoms with Gasteiger partial charge in [-0.1, -0.05) is 12.1 Å². The second-order valence-corrected chi connectivity index (χ2v) is 6.61. The van der Waals surface area contributed by atoms with Crippen molar-refractivity contribution in [2.45, 2.75) is 10.9 Å². The van der Waals surface area contributed by atoms with E-state index in [9.17, 15) is 8.42 Å². The number of benzene rings is 1. The van der Waals surface area contributed by atoms with Gasteiger partial charge in [0.15, 0.2) is 0 Å². The zero-order valence-corrected chi connectivity index (χ0v) is 11.9. The molecule has 1 aliphatic heterocycles. The van der Waals surface area contributed by atoms with E-state index in [1.807, 2.05) is 6.07 Å². The molecule has 1 saturated heterocycles. The van der Waals surface area contributed by atoms with E-state index in [4.69, 9.17) is 5.26 Å². The number of hydrogen-bond donors (Lipinski definition) is 1. The van der Waals surface area contributed by atoms with Crippen LogP contribution in [-0.2, 0) is 10.0 Å². The quantitative estimate of drug-likeness (QED) is 0.876. The smallest absolute Gasteiger partial charge is 0.245 e. The van der Waals surface area contributed by atoms with Gasteiger partial charge in [-0.15, -0.1) is 0 Å². The third-order valence-corrected chi connectivity index (χ3v) is 5.69. The Balaban J connectivity index is 2.43. The third-order valence-electron chi connectivity index (χ3n) is 2.77. The molecule has 0 saturated carbocycles. The first-order valence-corrected chi connectivity index (χ1v) is 7.67. The monoisotopic (exact) mass is 329 g/mol. The predicted octanol–water partition coefficient (Wildman–Crippen LogP) is 0.935. The molecule has 1 aromatic carbocycles. The molecular formula is C11H12BrN3O2S. The molecule has 1 heterocycles. The second kappa shape index (κ2) is 5.36. The number of rotatable bonds is 2. The molecule has 1 unspecified atom stereocenters. The first kappa shape index (κ1) is 13.5. The summed E-state index contributed by atoms with van der Waals surface area (Å²) in [6.07, 6.45) is 0. The van der Waals surface area contributed by atoms with Crippen molar-refractivity contribution in [3.63, 3.8) is 0 Å². The Kier molecular flexibility index (Phi) is 4.02. The third kappa shape index (κ3) is 2.42. The van der Waals surface area contributed by atoms with Crippen LogP contribution in [0.25, 0.3) is 0 Å². The lowest BCUT2D eigenvalue weighted by Crippen LogP contribution is -2.52. The van der Waals surface area contributed by atoms with Crippen molar-refractivity contribution in [3.05, 3.63) is 28.7 Å². The summed E-state index contributed by atoms with van der Waals surface area (Å²) in [6, 6.07) is 8.00. The molecule has 1 N–H and O–H groups in total. The topological polar surface area (TPSA) is 73.2 Å². The van der Waals surface area contributed by atoms with Crippen LogP contribution in [0.5, 0.6) is 0 Å². The molecule has 0 aromatic heterocycles. The van der Waals surface area contributed by atoms with E-state index < -0.39 is 16.1 Å². The SMILES string of the molecule is N#CC1CNCCN1S(=O)(=O)c1ccccc1Br. The highest BCUT2D eigenvalue weighted by molar-refractivity contribution is 9.10. The van der Waals surface area contributed by atoms with Crippen LogP contribution in [0.1, 0.15) is 0 Å². The number of piperazine rings is 1. The van der Waals surface area contributed by atoms with Crippen LogP contribution in [0.4, 0.5) is 0 Å². The van der Waals surface area contributed by atoms with E-state index >= 15 is 0 Å². The molecule has 0 aliphatic carbocycles. The van der Waals surface area contributed by atoms with Gasteiger partial charge in [0.2, 0.25) is 10.0 Å². The summed E-state index contributed by atoms with van der Waals surface area (Å²) in [5.41, 5.74) is 0. The van der Waals surface area contributed by atoms with Gasteiger partial charge < -0.3 is 5.32 Å². The normalized spacial score (nSPS) is 21.4. The van der Waals surface area contributed by atoms with Crippen molar-refractivity contribution >= 4 is 26.0 Å². The van der Waals surface area contributed by atoms with Gasteiger partial charge >= 0.3 is 0 Å². The van der Waals surface area contributed by atoms with Crippen LogP contribution in [0.2, 0.25) is 0 Å². The van der Waals surface area contributed by atoms with E-state index in [0.717, 1.165) is 0 Å². The minimum Gasteiger partial charge on any atom is -0.313 e. The highest BCUT2D eigenvalue weighted by Crippen LogP contribution is 2.26. The Bertz CT molecular complexity index is 582. The predicted molar refractivity (Wildman–Crippen MR) is 70.3 cm³/mol. The minimum atomic E-state index is -3.63. The van der Waals surface area contributed by atoms with Crippen LogP contribution in [-0.4, -0.2) is 38.4 Å². The minimum absolute atomic E-state index is 0.201. The summed E-state index contributed by atoms with van der Waals surface area (Å²) in [5.74, 6) is 0. The van der Waals surface area contributed by atoms with E-state index in [0.29, 0.717) is 24.1 Å². The average molecular weight is 330 g/mol. The van der Waals surface area contributed by atoms with Crippen LogP contribution in [0.3, 0.4) is 0 Å². The van der Waals surface area contributed by atoms with Crippen molar-refractivity contribution in [1.82, 2.24) is 9.62 Å². The van der Waals surface area contributed by atoms with Crippen LogP contribution in [0, 0.1) is 11.3 Å². The largest absolute Gasteiger partial charge is 0.313 e. The lowest BCUT2D eigenvalue weighted by atomic mass is 10.3. The maximum absolute atomic E-state index is 12.5. The number of sulfonamides is 1. The van der Waals surface area contributed by atoms with Crippen LogP contribution in [0.15, 0.2) is 33.6 Å². The standard InChI is InChI=1S/C11H12BrN3O2S/c12-10-3-1-2-4-11(10)18(16,17)15-6-5-14-8-9(15)7-13/h1-4,9,14H,5-6,8H2. The zero-order chi connectivity index (χ0) is 13.2. The van der Waals surface area contributed by atoms with E-state index in [-0.39, 0.29) is 4.90 Å². The van der Waals surface area contributed by atoms with Crippen molar-refractivity contribution in [3.8, 4) is 6.07 Å². The van der Waals surface area contributed by atoms with Crippen LogP contribution >= 0.6 is 15.9 Å². The number of hydrogen-bond acceptors (Lipinski definition) is 4. The Morgan fingerprint density at radius 2 is 2.17 bits per heavy atom. The van der Waals surface area contributed by atoms with Gasteiger partial charge in [0, 0.05) is 24.1 Å². The van der Waals surface area contributed by atoms with Gasteiger partial charge in [0.25, 0.3) is 0 Å². The highest BCUT2D eigenvalue weighted by Gasteiger charge is 2.34. The highest BCUT2D eigenvalue weighted by atomic mass is 79.9. The van der Waals surface area contributed by atoms with Gasteiger partial charge in [0.1, 0.15) is 6.04 Å². The molecule has 5 nitrogen and oxygen atoms in total. The van der Waals surface area contributed by atoms with Gasteiger partial charge in [-0.3, -0.25) is 0 Å². The van der Waals surface area contributed by atoms with Gasteiger partial charge in [-0.25, -0.2) is 8.42 Å². The van der Waals surface area contributed by atoms with E-state index in [1.165, 1.54) is 10.4 Å². The molecule has 96 valence electrons. The summed E-state index contributed by atoms with van der Waals surface area (Å²) in [4.78, 5) is 0.201. The summed E-state index contributed by atoms with van der Waals surface area (Å²) in [7, 11) is -3.63. The number of nitrogens with zero attached hydrogens (tertiary/aromatic N) is 2. The summed E-state index contributed by atoms with van der Waals surface area (Å²) in [6.45, 7) is 1.23. The molecule has 1 fully saturated rings. The van der Waals surface area contributed by atoms with Gasteiger partial charge in [-0.05, 0) is 28.1 Å². The zero-order valence-electron chi connectivity index (χ0n) is 9.51. The fourth-order valence-corrected chi connectivity index (χ4v) is 4.37. The number of nitriles is 1. The lowest BCUT2D eigenvalue weighted by molar-refractivity contribution is 0.311. The molecule has 0 bridgehead atoms. The second-order valence-electron chi connectivity index (χ2n) is 3.90. The molecule has 2 rings (SSSR count). The Labute approximate surface area is 115 Å². The van der Waals surface area contributed by atoms with Gasteiger partial charge in [0.05, 0.1) is 11.0 Å². The molecular weight excluding hydrogens is 318 g/mol. The van der Waals surface area contributed by atoms with Crippen molar-refractivity contribution in [1.29, 1.82) is 5.26 Å². The molecule has 0 amide bonds. The van der Waals surface area contributed by atoms with Crippen molar-refractivity contribution in [2.75, 3.05) is 19.6 Å². The van der Waals surface area contributed by atoms with Crippen molar-refractivity contribution in [2.24, 2.45) is 0 Å². The van der Waals surface area contributed by atoms with Crippen LogP contribution < -0.4 is 5.32 Å². The maximum Gasteiger partial charge on any atom is 0.245 e. The average Bonchev–Trinajstić information content (AvgIpc) is 2.39. The molecule has 1 aliphatic rings. The van der Waals surface area contributed by atoms with E-state index in [1.54, 1.807) is 18.2 Å². The number of halogens is 1. The Morgan fingerprint density at radius 1 is 1.44 bits per heavy atom. The lowest BCUT2D eigenvalue weighted by Gasteiger charge is -2.31. The Morgan fingerprint density at radius 3 is 2.83 bits per heavy atom. The first-order chi connectivity index (χ1) is 8.57. The molecule has 0 spiro atoms. The molecule has 7 heteroatoms. The van der Waals surface area contributed by atoms with E-state index in [2.05, 4.69) is 21.2 Å². The molecule has 1 atom stereocenters. The molecule has 18 heavy (non-hydrogen) atoms. The Hall–Kier alpha value is -0.940. The summed E-state index contributed by atoms with van der Waals surface area (Å²) < 4.78 is 26.8. The molecule has 1 aromatic rings. The fraction of sp³-hybridized carbons (Fsp3) is 0.364. The fourth-order valence-electron chi connectivity index (χ4n) is 1.86. The summed E-state index contributed by atoms with van der Waals surface area (Å²) in [5, 5.41) is 12.0. The maximum atomic E-state index is 12.5. The number of nitrogens with one attached hydrogen (secondary N) is 1. The van der Waals surface area contributed by atoms with Crippen molar-refractivity contribution < 1.29 is 8.42 Å². The molecule has 0 radical (unpaired) electrons. The van der Waals surface area contributed by atoms with Gasteiger partial charge in [-0.2, -0.15) is 9.57 Å². The first-order valence-electron chi connectivity index (χ1n) is 5.44.